The van der Waals surface area contributed by atoms with Crippen LogP contribution in [0, 0.1) is 0 Å². The summed E-state index contributed by atoms with van der Waals surface area (Å²) in [5, 5.41) is 26.9. The summed E-state index contributed by atoms with van der Waals surface area (Å²) in [4.78, 5) is 1.17. The highest BCUT2D eigenvalue weighted by atomic mass is 16.4. The van der Waals surface area contributed by atoms with Crippen LogP contribution in [0.25, 0.3) is 0 Å². The SMILES string of the molecule is CC(O)N(C(C)O)C(C)O.[H+]. The zero-order chi connectivity index (χ0) is 8.31. The zero-order valence-electron chi connectivity index (χ0n) is 7.52. The Kier molecular flexibility index (Phi) is 3.81. The summed E-state index contributed by atoms with van der Waals surface area (Å²) in [6.45, 7) is 4.46. The average molecular weight is 150 g/mol. The maximum Gasteiger partial charge on any atom is 1.00 e. The molecule has 3 N–H and O–H groups in total. The van der Waals surface area contributed by atoms with Crippen molar-refractivity contribution >= 4 is 0 Å². The van der Waals surface area contributed by atoms with Gasteiger partial charge in [-0.1, -0.05) is 0 Å². The first-order valence-corrected chi connectivity index (χ1v) is 3.28. The number of aliphatic hydroxyl groups excluding tert-OH is 3. The summed E-state index contributed by atoms with van der Waals surface area (Å²) in [7, 11) is 0. The molecule has 0 aromatic carbocycles. The highest BCUT2D eigenvalue weighted by molar-refractivity contribution is 4.58. The number of hydrogen-bond donors (Lipinski definition) is 3. The first-order chi connectivity index (χ1) is 4.46. The predicted molar refractivity (Wildman–Crippen MR) is 38.0 cm³/mol. The topological polar surface area (TPSA) is 63.9 Å². The molecule has 0 spiro atoms. The van der Waals surface area contributed by atoms with E-state index in [0.717, 1.165) is 0 Å². The van der Waals surface area contributed by atoms with Crippen LogP contribution in [-0.2, 0) is 0 Å². The van der Waals surface area contributed by atoms with Gasteiger partial charge in [0, 0.05) is 0 Å². The van der Waals surface area contributed by atoms with Crippen LogP contribution in [0.15, 0.2) is 0 Å². The van der Waals surface area contributed by atoms with Crippen molar-refractivity contribution in [2.75, 3.05) is 0 Å². The zero-order valence-corrected chi connectivity index (χ0v) is 6.52. The molecule has 0 aromatic rings. The fraction of sp³-hybridized carbons (Fsp3) is 1.00. The third kappa shape index (κ3) is 2.62. The fourth-order valence-corrected chi connectivity index (χ4v) is 0.937. The number of hydrogen-bond acceptors (Lipinski definition) is 4. The van der Waals surface area contributed by atoms with E-state index in [-0.39, 0.29) is 1.43 Å². The van der Waals surface area contributed by atoms with Crippen molar-refractivity contribution in [2.24, 2.45) is 0 Å². The van der Waals surface area contributed by atoms with Crippen LogP contribution in [0.4, 0.5) is 0 Å². The Morgan fingerprint density at radius 3 is 1.10 bits per heavy atom. The second-order valence-electron chi connectivity index (χ2n) is 2.34. The van der Waals surface area contributed by atoms with E-state index >= 15 is 0 Å². The van der Waals surface area contributed by atoms with Gasteiger partial charge < -0.3 is 15.3 Å². The van der Waals surface area contributed by atoms with E-state index in [4.69, 9.17) is 15.3 Å². The molecule has 0 radical (unpaired) electrons. The van der Waals surface area contributed by atoms with E-state index in [9.17, 15) is 0 Å². The molecule has 4 heteroatoms. The van der Waals surface area contributed by atoms with Gasteiger partial charge in [0.05, 0.1) is 0 Å². The first-order valence-electron chi connectivity index (χ1n) is 3.28. The fourth-order valence-electron chi connectivity index (χ4n) is 0.937. The van der Waals surface area contributed by atoms with Gasteiger partial charge in [-0.25, -0.2) is 4.90 Å². The Labute approximate surface area is 62.2 Å². The van der Waals surface area contributed by atoms with Crippen LogP contribution in [-0.4, -0.2) is 38.9 Å². The van der Waals surface area contributed by atoms with Gasteiger partial charge in [0.15, 0.2) is 0 Å². The minimum Gasteiger partial charge on any atom is -0.379 e. The van der Waals surface area contributed by atoms with Crippen molar-refractivity contribution in [1.29, 1.82) is 0 Å². The molecule has 0 aliphatic heterocycles. The molecule has 0 saturated heterocycles. The molecule has 0 saturated carbocycles. The predicted octanol–water partition coefficient (Wildman–Crippen LogP) is -0.584. The number of nitrogens with zero attached hydrogens (tertiary/aromatic N) is 1. The number of rotatable bonds is 3. The molecule has 3 unspecified atom stereocenters. The van der Waals surface area contributed by atoms with Gasteiger partial charge in [-0.05, 0) is 20.8 Å². The van der Waals surface area contributed by atoms with Crippen molar-refractivity contribution in [3.05, 3.63) is 0 Å². The van der Waals surface area contributed by atoms with Gasteiger partial charge in [0.25, 0.3) is 0 Å². The molecule has 0 aliphatic rings. The van der Waals surface area contributed by atoms with Gasteiger partial charge >= 0.3 is 1.43 Å². The van der Waals surface area contributed by atoms with E-state index < -0.39 is 18.7 Å². The third-order valence-corrected chi connectivity index (χ3v) is 1.29. The minimum atomic E-state index is -0.833. The third-order valence-electron chi connectivity index (χ3n) is 1.29. The van der Waals surface area contributed by atoms with Crippen LogP contribution < -0.4 is 0 Å². The van der Waals surface area contributed by atoms with Crippen molar-refractivity contribution in [3.63, 3.8) is 0 Å². The quantitative estimate of drug-likeness (QED) is 0.471. The highest BCUT2D eigenvalue weighted by Gasteiger charge is 2.19. The second-order valence-corrected chi connectivity index (χ2v) is 2.34. The monoisotopic (exact) mass is 150 g/mol. The maximum atomic E-state index is 8.96. The molecule has 0 aliphatic carbocycles. The van der Waals surface area contributed by atoms with E-state index in [2.05, 4.69) is 0 Å². The smallest absolute Gasteiger partial charge is 0.379 e. The lowest BCUT2D eigenvalue weighted by Gasteiger charge is -2.30. The average Bonchev–Trinajstić information content (AvgIpc) is 1.59. The molecule has 0 aromatic heterocycles. The van der Waals surface area contributed by atoms with Crippen LogP contribution in [0.3, 0.4) is 0 Å². The van der Waals surface area contributed by atoms with Crippen molar-refractivity contribution < 1.29 is 16.7 Å². The Morgan fingerprint density at radius 2 is 1.10 bits per heavy atom. The number of aliphatic hydroxyl groups is 3. The molecule has 0 amide bonds. The van der Waals surface area contributed by atoms with E-state index in [1.807, 2.05) is 0 Å². The van der Waals surface area contributed by atoms with E-state index in [1.54, 1.807) is 0 Å². The van der Waals surface area contributed by atoms with Crippen LogP contribution in [0.2, 0.25) is 0 Å². The molecule has 62 valence electrons. The highest BCUT2D eigenvalue weighted by Crippen LogP contribution is 2.04. The summed E-state index contributed by atoms with van der Waals surface area (Å²) in [5.74, 6) is 0. The van der Waals surface area contributed by atoms with Gasteiger partial charge in [0.1, 0.15) is 18.7 Å². The summed E-state index contributed by atoms with van der Waals surface area (Å²) in [6.07, 6.45) is -2.50. The molecular weight excluding hydrogens is 134 g/mol. The van der Waals surface area contributed by atoms with Crippen molar-refractivity contribution in [3.8, 4) is 0 Å². The normalized spacial score (nSPS) is 20.7. The van der Waals surface area contributed by atoms with Crippen molar-refractivity contribution in [2.45, 2.75) is 39.5 Å². The van der Waals surface area contributed by atoms with E-state index in [1.165, 1.54) is 25.7 Å². The largest absolute Gasteiger partial charge is 1.00 e. The molecular formula is C6H16NO3+. The lowest BCUT2D eigenvalue weighted by molar-refractivity contribution is -0.159. The lowest BCUT2D eigenvalue weighted by atomic mass is 10.4. The molecule has 0 fully saturated rings. The minimum absolute atomic E-state index is 0. The maximum absolute atomic E-state index is 8.96. The molecule has 10 heavy (non-hydrogen) atoms. The summed E-state index contributed by atoms with van der Waals surface area (Å²) < 4.78 is 0. The summed E-state index contributed by atoms with van der Waals surface area (Å²) in [5.41, 5.74) is 0. The van der Waals surface area contributed by atoms with Gasteiger partial charge in [0.2, 0.25) is 0 Å². The molecule has 4 nitrogen and oxygen atoms in total. The van der Waals surface area contributed by atoms with Gasteiger partial charge in [-0.2, -0.15) is 0 Å². The van der Waals surface area contributed by atoms with Gasteiger partial charge in [-0.15, -0.1) is 0 Å². The Hall–Kier alpha value is -0.160. The summed E-state index contributed by atoms with van der Waals surface area (Å²) in [6, 6.07) is 0. The van der Waals surface area contributed by atoms with Crippen LogP contribution >= 0.6 is 0 Å². The molecule has 3 atom stereocenters. The van der Waals surface area contributed by atoms with Crippen LogP contribution in [0.1, 0.15) is 22.2 Å². The Morgan fingerprint density at radius 1 is 0.900 bits per heavy atom. The first kappa shape index (κ1) is 9.84. The Balaban J connectivity index is 0. The van der Waals surface area contributed by atoms with Crippen LogP contribution in [0.5, 0.6) is 0 Å². The summed E-state index contributed by atoms with van der Waals surface area (Å²) >= 11 is 0. The molecule has 0 heterocycles. The standard InChI is InChI=1S/C6H15NO3/c1-4(8)7(5(2)9)6(3)10/h4-6,8-10H,1-3H3/p+1. The van der Waals surface area contributed by atoms with Gasteiger partial charge in [-0.3, -0.25) is 0 Å². The molecule has 0 bridgehead atoms. The lowest BCUT2D eigenvalue weighted by Crippen LogP contribution is -2.45. The van der Waals surface area contributed by atoms with Crippen molar-refractivity contribution in [1.82, 2.24) is 4.90 Å². The second kappa shape index (κ2) is 3.88. The Bertz CT molecular complexity index is 78.8. The molecule has 0 rings (SSSR count). The van der Waals surface area contributed by atoms with E-state index in [0.29, 0.717) is 0 Å².